The van der Waals surface area contributed by atoms with Crippen molar-refractivity contribution in [2.45, 2.75) is 18.4 Å². The summed E-state index contributed by atoms with van der Waals surface area (Å²) in [6, 6.07) is 0. The topological polar surface area (TPSA) is 73.1 Å². The Hall–Kier alpha value is -1.31. The van der Waals surface area contributed by atoms with Gasteiger partial charge in [-0.2, -0.15) is 4.98 Å². The summed E-state index contributed by atoms with van der Waals surface area (Å²) in [5.41, 5.74) is 1.31. The van der Waals surface area contributed by atoms with Gasteiger partial charge in [0, 0.05) is 13.3 Å². The lowest BCUT2D eigenvalue weighted by molar-refractivity contribution is -0.0622. The van der Waals surface area contributed by atoms with Crippen LogP contribution >= 0.6 is 11.3 Å². The van der Waals surface area contributed by atoms with Crippen LogP contribution in [0, 0.1) is 0 Å². The minimum absolute atomic E-state index is 0.443. The second-order valence-corrected chi connectivity index (χ2v) is 5.12. The average Bonchev–Trinajstić information content (AvgIpc) is 3.10. The number of hydrogen-bond donors (Lipinski definition) is 1. The first-order valence-corrected chi connectivity index (χ1v) is 6.71. The molecule has 1 fully saturated rings. The Kier molecular flexibility index (Phi) is 3.11. The molecule has 3 heterocycles. The fourth-order valence-corrected chi connectivity index (χ4v) is 2.72. The van der Waals surface area contributed by atoms with E-state index in [4.69, 9.17) is 9.26 Å². The molecule has 7 heteroatoms. The van der Waals surface area contributed by atoms with E-state index in [1.807, 2.05) is 0 Å². The predicted molar refractivity (Wildman–Crippen MR) is 66.2 cm³/mol. The minimum atomic E-state index is -0.443. The summed E-state index contributed by atoms with van der Waals surface area (Å²) in [5, 5.41) is 7.31. The number of ether oxygens (including phenoxy) is 1. The number of rotatable bonds is 3. The molecule has 3 rings (SSSR count). The van der Waals surface area contributed by atoms with Crippen LogP contribution in [-0.4, -0.2) is 35.3 Å². The molecule has 96 valence electrons. The molecule has 0 unspecified atom stereocenters. The predicted octanol–water partition coefficient (Wildman–Crippen LogP) is 1.42. The van der Waals surface area contributed by atoms with Crippen molar-refractivity contribution in [2.75, 3.05) is 20.2 Å². The van der Waals surface area contributed by atoms with Crippen LogP contribution in [0.2, 0.25) is 0 Å². The zero-order valence-electron chi connectivity index (χ0n) is 10.0. The lowest BCUT2D eigenvalue weighted by Gasteiger charge is -2.32. The highest BCUT2D eigenvalue weighted by Gasteiger charge is 2.39. The molecule has 1 saturated heterocycles. The van der Waals surface area contributed by atoms with E-state index in [2.05, 4.69) is 20.4 Å². The molecule has 0 aromatic carbocycles. The maximum absolute atomic E-state index is 5.65. The van der Waals surface area contributed by atoms with Crippen molar-refractivity contribution < 1.29 is 9.26 Å². The largest absolute Gasteiger partial charge is 0.368 e. The molecular formula is C11H14N4O2S. The maximum atomic E-state index is 5.65. The molecule has 0 spiro atoms. The van der Waals surface area contributed by atoms with E-state index >= 15 is 0 Å². The van der Waals surface area contributed by atoms with E-state index in [1.54, 1.807) is 18.8 Å². The monoisotopic (exact) mass is 266 g/mol. The maximum Gasteiger partial charge on any atom is 0.259 e. The third-order valence-electron chi connectivity index (χ3n) is 3.27. The van der Waals surface area contributed by atoms with Crippen LogP contribution < -0.4 is 5.32 Å². The molecule has 0 amide bonds. The van der Waals surface area contributed by atoms with Crippen molar-refractivity contribution in [3.8, 4) is 10.7 Å². The fraction of sp³-hybridized carbons (Fsp3) is 0.545. The van der Waals surface area contributed by atoms with Gasteiger partial charge in [-0.15, -0.1) is 11.3 Å². The SMILES string of the molecule is COC1(c2nc(-c3cncs3)no2)CCNCC1. The molecule has 0 atom stereocenters. The van der Waals surface area contributed by atoms with Crippen molar-refractivity contribution >= 4 is 11.3 Å². The van der Waals surface area contributed by atoms with Crippen molar-refractivity contribution in [1.29, 1.82) is 0 Å². The van der Waals surface area contributed by atoms with Gasteiger partial charge in [0.2, 0.25) is 5.82 Å². The standard InChI is InChI=1S/C11H14N4O2S/c1-16-11(2-4-12-5-3-11)10-14-9(15-17-10)8-6-13-7-18-8/h6-7,12H,2-5H2,1H3. The molecule has 0 radical (unpaired) electrons. The molecule has 2 aromatic heterocycles. The van der Waals surface area contributed by atoms with Crippen LogP contribution in [0.1, 0.15) is 18.7 Å². The fourth-order valence-electron chi connectivity index (χ4n) is 2.17. The molecular weight excluding hydrogens is 252 g/mol. The number of hydrogen-bond acceptors (Lipinski definition) is 7. The van der Waals surface area contributed by atoms with E-state index in [0.29, 0.717) is 11.7 Å². The highest BCUT2D eigenvalue weighted by Crippen LogP contribution is 2.34. The Morgan fingerprint density at radius 2 is 2.28 bits per heavy atom. The van der Waals surface area contributed by atoms with Gasteiger partial charge < -0.3 is 14.6 Å². The molecule has 1 aliphatic heterocycles. The zero-order valence-corrected chi connectivity index (χ0v) is 10.9. The summed E-state index contributed by atoms with van der Waals surface area (Å²) in [6.45, 7) is 1.79. The Labute approximate surface area is 108 Å². The van der Waals surface area contributed by atoms with Crippen LogP contribution in [0.5, 0.6) is 0 Å². The van der Waals surface area contributed by atoms with Gasteiger partial charge in [-0.3, -0.25) is 4.98 Å². The normalized spacial score (nSPS) is 18.9. The molecule has 2 aromatic rings. The van der Waals surface area contributed by atoms with Crippen molar-refractivity contribution in [1.82, 2.24) is 20.4 Å². The smallest absolute Gasteiger partial charge is 0.259 e. The van der Waals surface area contributed by atoms with Gasteiger partial charge in [0.25, 0.3) is 5.89 Å². The van der Waals surface area contributed by atoms with Gasteiger partial charge in [0.05, 0.1) is 10.4 Å². The minimum Gasteiger partial charge on any atom is -0.368 e. The van der Waals surface area contributed by atoms with E-state index in [-0.39, 0.29) is 0 Å². The molecule has 1 N–H and O–H groups in total. The third kappa shape index (κ3) is 1.94. The van der Waals surface area contributed by atoms with Gasteiger partial charge in [-0.1, -0.05) is 5.16 Å². The van der Waals surface area contributed by atoms with E-state index in [1.165, 1.54) is 11.3 Å². The summed E-state index contributed by atoms with van der Waals surface area (Å²) in [4.78, 5) is 9.38. The average molecular weight is 266 g/mol. The van der Waals surface area contributed by atoms with Crippen LogP contribution in [0.4, 0.5) is 0 Å². The lowest BCUT2D eigenvalue weighted by Crippen LogP contribution is -2.41. The van der Waals surface area contributed by atoms with Crippen LogP contribution in [0.15, 0.2) is 16.2 Å². The second-order valence-electron chi connectivity index (χ2n) is 4.24. The van der Waals surface area contributed by atoms with Gasteiger partial charge >= 0.3 is 0 Å². The lowest BCUT2D eigenvalue weighted by atomic mass is 9.92. The number of nitrogens with one attached hydrogen (secondary N) is 1. The molecule has 0 saturated carbocycles. The van der Waals surface area contributed by atoms with Gasteiger partial charge in [0.1, 0.15) is 5.60 Å². The Balaban J connectivity index is 1.92. The first-order chi connectivity index (χ1) is 8.84. The van der Waals surface area contributed by atoms with Crippen molar-refractivity contribution in [2.24, 2.45) is 0 Å². The number of methoxy groups -OCH3 is 1. The van der Waals surface area contributed by atoms with Crippen LogP contribution in [0.3, 0.4) is 0 Å². The summed E-state index contributed by atoms with van der Waals surface area (Å²) in [6.07, 6.45) is 3.42. The van der Waals surface area contributed by atoms with E-state index in [0.717, 1.165) is 30.8 Å². The first-order valence-electron chi connectivity index (χ1n) is 5.83. The summed E-state index contributed by atoms with van der Waals surface area (Å²) >= 11 is 1.49. The Morgan fingerprint density at radius 1 is 1.44 bits per heavy atom. The summed E-state index contributed by atoms with van der Waals surface area (Å²) in [5.74, 6) is 1.15. The summed E-state index contributed by atoms with van der Waals surface area (Å²) < 4.78 is 11.0. The number of aromatic nitrogens is 3. The number of thiazole rings is 1. The van der Waals surface area contributed by atoms with E-state index < -0.39 is 5.60 Å². The van der Waals surface area contributed by atoms with Gasteiger partial charge in [-0.25, -0.2) is 0 Å². The van der Waals surface area contributed by atoms with E-state index in [9.17, 15) is 0 Å². The zero-order chi connectivity index (χ0) is 12.4. The van der Waals surface area contributed by atoms with Gasteiger partial charge in [-0.05, 0) is 25.9 Å². The highest BCUT2D eigenvalue weighted by atomic mass is 32.1. The Morgan fingerprint density at radius 3 is 2.94 bits per heavy atom. The quantitative estimate of drug-likeness (QED) is 0.905. The third-order valence-corrected chi connectivity index (χ3v) is 4.04. The molecule has 0 aliphatic carbocycles. The second kappa shape index (κ2) is 4.75. The van der Waals surface area contributed by atoms with Gasteiger partial charge in [0.15, 0.2) is 0 Å². The van der Waals surface area contributed by atoms with Crippen molar-refractivity contribution in [3.05, 3.63) is 17.6 Å². The Bertz CT molecular complexity index is 505. The number of piperidine rings is 1. The molecule has 6 nitrogen and oxygen atoms in total. The van der Waals surface area contributed by atoms with Crippen molar-refractivity contribution in [3.63, 3.8) is 0 Å². The van der Waals surface area contributed by atoms with Crippen LogP contribution in [-0.2, 0) is 10.3 Å². The molecule has 0 bridgehead atoms. The van der Waals surface area contributed by atoms with Crippen LogP contribution in [0.25, 0.3) is 10.7 Å². The molecule has 1 aliphatic rings. The molecule has 18 heavy (non-hydrogen) atoms. The number of nitrogens with zero attached hydrogens (tertiary/aromatic N) is 3. The highest BCUT2D eigenvalue weighted by molar-refractivity contribution is 7.13. The first kappa shape index (κ1) is 11.8. The summed E-state index contributed by atoms with van der Waals surface area (Å²) in [7, 11) is 1.70.